The molecule has 2 aliphatic heterocycles. The van der Waals surface area contributed by atoms with Crippen molar-refractivity contribution in [2.24, 2.45) is 0 Å². The molecule has 2 aromatic heterocycles. The second-order valence-electron chi connectivity index (χ2n) is 9.36. The molecule has 1 aromatic carbocycles. The van der Waals surface area contributed by atoms with E-state index in [0.29, 0.717) is 34.6 Å². The van der Waals surface area contributed by atoms with Crippen LogP contribution in [0, 0.1) is 6.92 Å². The first-order valence-corrected chi connectivity index (χ1v) is 12.5. The van der Waals surface area contributed by atoms with Gasteiger partial charge in [-0.15, -0.1) is 0 Å². The van der Waals surface area contributed by atoms with Crippen LogP contribution < -0.4 is 25.6 Å². The number of aryl methyl sites for hydroxylation is 1. The van der Waals surface area contributed by atoms with Gasteiger partial charge in [0.15, 0.2) is 5.75 Å². The van der Waals surface area contributed by atoms with Crippen molar-refractivity contribution in [2.75, 3.05) is 44.8 Å². The van der Waals surface area contributed by atoms with E-state index < -0.39 is 6.61 Å². The van der Waals surface area contributed by atoms with Gasteiger partial charge in [-0.05, 0) is 30.7 Å². The van der Waals surface area contributed by atoms with Gasteiger partial charge in [0.2, 0.25) is 5.95 Å². The van der Waals surface area contributed by atoms with E-state index in [9.17, 15) is 13.6 Å². The Kier molecular flexibility index (Phi) is 7.72. The number of alkyl halides is 2. The fraction of sp³-hybridized carbons (Fsp3) is 0.385. The molecular weight excluding hydrogens is 494 g/mol. The van der Waals surface area contributed by atoms with Crippen molar-refractivity contribution < 1.29 is 23.6 Å². The maximum atomic E-state index is 12.9. The minimum atomic E-state index is -2.95. The number of nitrogens with one attached hydrogen (secondary N) is 2. The van der Waals surface area contributed by atoms with E-state index in [1.165, 1.54) is 6.07 Å². The zero-order valence-corrected chi connectivity index (χ0v) is 21.3. The number of fused-ring (bicyclic) bond motifs is 1. The van der Waals surface area contributed by atoms with E-state index in [1.807, 2.05) is 12.1 Å². The molecule has 0 bridgehead atoms. The number of carbonyl (C=O) groups excluding carboxylic acids is 1. The predicted molar refractivity (Wildman–Crippen MR) is 137 cm³/mol. The number of hydrogen-bond donors (Lipinski definition) is 3. The molecule has 3 aromatic rings. The average molecular weight is 526 g/mol. The van der Waals surface area contributed by atoms with Crippen LogP contribution in [0.2, 0.25) is 0 Å². The number of hydrogen-bond acceptors (Lipinski definition) is 8. The number of benzene rings is 1. The summed E-state index contributed by atoms with van der Waals surface area (Å²) in [5.41, 5.74) is 3.79. The molecule has 0 saturated carbocycles. The van der Waals surface area contributed by atoms with Crippen LogP contribution in [0.1, 0.15) is 21.7 Å². The van der Waals surface area contributed by atoms with Gasteiger partial charge in [-0.25, -0.2) is 15.0 Å². The Morgan fingerprint density at radius 2 is 2.03 bits per heavy atom. The number of carbonyl (C=O) groups is 1. The van der Waals surface area contributed by atoms with Crippen LogP contribution in [-0.4, -0.2) is 78.3 Å². The lowest BCUT2D eigenvalue weighted by atomic mass is 10.0. The van der Waals surface area contributed by atoms with Crippen LogP contribution in [0.5, 0.6) is 5.75 Å². The number of anilines is 1. The number of halogens is 2. The number of piperazine rings is 1. The van der Waals surface area contributed by atoms with Gasteiger partial charge in [-0.3, -0.25) is 9.69 Å². The van der Waals surface area contributed by atoms with E-state index in [-0.39, 0.29) is 18.2 Å². The summed E-state index contributed by atoms with van der Waals surface area (Å²) in [5.74, 6) is 0.458. The summed E-state index contributed by atoms with van der Waals surface area (Å²) in [4.78, 5) is 30.8. The molecule has 5 rings (SSSR count). The number of amides is 1. The highest BCUT2D eigenvalue weighted by atomic mass is 19.3. The van der Waals surface area contributed by atoms with Crippen molar-refractivity contribution in [3.63, 3.8) is 0 Å². The van der Waals surface area contributed by atoms with Gasteiger partial charge < -0.3 is 25.6 Å². The zero-order chi connectivity index (χ0) is 26.6. The minimum absolute atomic E-state index is 0.0118. The Morgan fingerprint density at radius 3 is 2.79 bits per heavy atom. The van der Waals surface area contributed by atoms with Crippen LogP contribution in [0.25, 0.3) is 11.1 Å². The highest BCUT2D eigenvalue weighted by Crippen LogP contribution is 2.25. The van der Waals surface area contributed by atoms with Crippen molar-refractivity contribution in [3.8, 4) is 16.9 Å². The number of ether oxygens (including phenoxy) is 1. The van der Waals surface area contributed by atoms with Crippen molar-refractivity contribution >= 4 is 17.5 Å². The monoisotopic (exact) mass is 525 g/mol. The van der Waals surface area contributed by atoms with E-state index in [2.05, 4.69) is 40.1 Å². The number of pyridine rings is 1. The lowest BCUT2D eigenvalue weighted by Crippen LogP contribution is -2.77. The largest absolute Gasteiger partial charge is 0.433 e. The second kappa shape index (κ2) is 11.3. The molecule has 4 N–H and O–H groups in total. The maximum absolute atomic E-state index is 12.9. The molecule has 2 aliphatic rings. The molecule has 38 heavy (non-hydrogen) atoms. The Labute approximate surface area is 219 Å². The first-order valence-electron chi connectivity index (χ1n) is 12.5. The zero-order valence-electron chi connectivity index (χ0n) is 21.3. The summed E-state index contributed by atoms with van der Waals surface area (Å²) in [7, 11) is 1.56. The number of nitrogens with zero attached hydrogens (tertiary/aromatic N) is 5. The Hall–Kier alpha value is -3.74. The summed E-state index contributed by atoms with van der Waals surface area (Å²) >= 11 is 0. The molecule has 0 unspecified atom stereocenters. The van der Waals surface area contributed by atoms with Crippen LogP contribution in [0.3, 0.4) is 0 Å². The van der Waals surface area contributed by atoms with E-state index in [4.69, 9.17) is 0 Å². The van der Waals surface area contributed by atoms with Crippen molar-refractivity contribution in [1.82, 2.24) is 30.5 Å². The topological polar surface area (TPSA) is 112 Å². The lowest BCUT2D eigenvalue weighted by Gasteiger charge is -2.36. The summed E-state index contributed by atoms with van der Waals surface area (Å²) in [6.45, 7) is 3.67. The van der Waals surface area contributed by atoms with Gasteiger partial charge in [0.1, 0.15) is 23.5 Å². The molecular formula is C26H31F2N8O2+. The fourth-order valence-electron chi connectivity index (χ4n) is 4.89. The van der Waals surface area contributed by atoms with Gasteiger partial charge in [0.25, 0.3) is 5.91 Å². The lowest BCUT2D eigenvalue weighted by molar-refractivity contribution is -0.589. The molecule has 200 valence electrons. The maximum Gasteiger partial charge on any atom is 0.387 e. The fourth-order valence-corrected chi connectivity index (χ4v) is 4.89. The van der Waals surface area contributed by atoms with Crippen LogP contribution >= 0.6 is 0 Å². The number of quaternary nitrogens is 1. The average Bonchev–Trinajstić information content (AvgIpc) is 3.40. The van der Waals surface area contributed by atoms with Crippen molar-refractivity contribution in [1.29, 1.82) is 0 Å². The van der Waals surface area contributed by atoms with Gasteiger partial charge in [0.05, 0.1) is 0 Å². The molecule has 10 nitrogen and oxygen atoms in total. The summed E-state index contributed by atoms with van der Waals surface area (Å²) in [6.07, 6.45) is 3.58. The van der Waals surface area contributed by atoms with Gasteiger partial charge in [-0.2, -0.15) is 8.78 Å². The predicted octanol–water partition coefficient (Wildman–Crippen LogP) is 1.25. The molecule has 12 heteroatoms. The van der Waals surface area contributed by atoms with Gasteiger partial charge in [-0.1, -0.05) is 6.07 Å². The third-order valence-electron chi connectivity index (χ3n) is 6.88. The van der Waals surface area contributed by atoms with E-state index in [0.717, 1.165) is 44.0 Å². The molecule has 0 radical (unpaired) electrons. The van der Waals surface area contributed by atoms with Gasteiger partial charge >= 0.3 is 6.61 Å². The Bertz CT molecular complexity index is 1290. The summed E-state index contributed by atoms with van der Waals surface area (Å²) in [5, 5.41) is 7.85. The van der Waals surface area contributed by atoms with Crippen molar-refractivity contribution in [2.45, 2.75) is 26.1 Å². The molecule has 1 amide bonds. The Balaban J connectivity index is 1.36. The molecule has 0 spiro atoms. The first-order chi connectivity index (χ1) is 18.4. The molecule has 0 aliphatic carbocycles. The normalized spacial score (nSPS) is 17.5. The van der Waals surface area contributed by atoms with E-state index >= 15 is 0 Å². The SMILES string of the molecule is CNC(=O)c1ccc(-c2cnc(N3CCN4CNC[C@H]4C3)nc2)cc1[NH2+]Cc1nc(C)ccc1OC(F)F. The van der Waals surface area contributed by atoms with Crippen LogP contribution in [-0.2, 0) is 6.54 Å². The highest BCUT2D eigenvalue weighted by Gasteiger charge is 2.31. The number of nitrogens with two attached hydrogens (primary N) is 1. The smallest absolute Gasteiger partial charge is 0.387 e. The summed E-state index contributed by atoms with van der Waals surface area (Å²) < 4.78 is 30.4. The van der Waals surface area contributed by atoms with Crippen LogP contribution in [0.15, 0.2) is 42.7 Å². The van der Waals surface area contributed by atoms with Crippen LogP contribution in [0.4, 0.5) is 20.4 Å². The standard InChI is InChI=1S/C26H30F2N8O2/c1-16-3-6-23(38-25(27)28)22(34-16)13-31-21-9-17(4-5-20(21)24(37)29-2)18-10-32-26(33-11-18)35-7-8-36-15-30-12-19(36)14-35/h3-6,9-11,19,25,30-31H,7-8,12-15H2,1-2H3,(H,29,37)/p+1/t19-/m0/s1. The third-order valence-corrected chi connectivity index (χ3v) is 6.88. The van der Waals surface area contributed by atoms with Crippen molar-refractivity contribution in [3.05, 3.63) is 59.7 Å². The minimum Gasteiger partial charge on any atom is -0.433 e. The first kappa shape index (κ1) is 25.9. The third kappa shape index (κ3) is 5.72. The summed E-state index contributed by atoms with van der Waals surface area (Å²) in [6, 6.07) is 9.02. The second-order valence-corrected chi connectivity index (χ2v) is 9.36. The molecule has 4 heterocycles. The molecule has 2 saturated heterocycles. The number of aromatic nitrogens is 3. The Morgan fingerprint density at radius 1 is 1.21 bits per heavy atom. The molecule has 1 atom stereocenters. The van der Waals surface area contributed by atoms with E-state index in [1.54, 1.807) is 43.8 Å². The van der Waals surface area contributed by atoms with Gasteiger partial charge in [0, 0.05) is 75.7 Å². The molecule has 2 fully saturated rings. The quantitative estimate of drug-likeness (QED) is 0.377. The highest BCUT2D eigenvalue weighted by molar-refractivity contribution is 5.98. The number of rotatable bonds is 8.